The zero-order chi connectivity index (χ0) is 19.7. The Labute approximate surface area is 156 Å². The lowest BCUT2D eigenvalue weighted by atomic mass is 10.2. The Balaban J connectivity index is 2.06. The van der Waals surface area contributed by atoms with Crippen LogP contribution >= 0.6 is 0 Å². The zero-order valence-electron chi connectivity index (χ0n) is 16.1. The first-order chi connectivity index (χ1) is 12.8. The molecular weight excluding hydrogens is 346 g/mol. The molecule has 144 valence electrons. The highest BCUT2D eigenvalue weighted by Gasteiger charge is 2.20. The number of aryl methyl sites for hydroxylation is 1. The van der Waals surface area contributed by atoms with Gasteiger partial charge in [-0.1, -0.05) is 30.3 Å². The Kier molecular flexibility index (Phi) is 5.29. The fourth-order valence-electron chi connectivity index (χ4n) is 3.27. The lowest BCUT2D eigenvalue weighted by molar-refractivity contribution is 0.171. The van der Waals surface area contributed by atoms with Crippen LogP contribution in [0.1, 0.15) is 18.3 Å². The van der Waals surface area contributed by atoms with Crippen LogP contribution < -0.4 is 11.2 Å². The van der Waals surface area contributed by atoms with Crippen LogP contribution in [0.5, 0.6) is 0 Å². The number of fused-ring (bicyclic) bond motifs is 1. The second kappa shape index (κ2) is 7.50. The average molecular weight is 371 g/mol. The number of nitrogens with zero attached hydrogens (tertiary/aromatic N) is 5. The first-order valence-corrected chi connectivity index (χ1v) is 8.85. The van der Waals surface area contributed by atoms with Gasteiger partial charge < -0.3 is 9.67 Å². The Morgan fingerprint density at radius 2 is 1.78 bits per heavy atom. The molecule has 0 fully saturated rings. The Morgan fingerprint density at radius 3 is 2.41 bits per heavy atom. The van der Waals surface area contributed by atoms with Gasteiger partial charge >= 0.3 is 5.69 Å². The molecule has 0 aliphatic heterocycles. The molecule has 2 aromatic heterocycles. The van der Waals surface area contributed by atoms with Crippen molar-refractivity contribution in [3.8, 4) is 0 Å². The minimum atomic E-state index is -0.650. The highest BCUT2D eigenvalue weighted by Crippen LogP contribution is 2.15. The van der Waals surface area contributed by atoms with Crippen molar-refractivity contribution in [2.45, 2.75) is 32.7 Å². The normalized spacial score (nSPS) is 12.8. The first-order valence-electron chi connectivity index (χ1n) is 8.85. The van der Waals surface area contributed by atoms with E-state index >= 15 is 0 Å². The largest absolute Gasteiger partial charge is 0.392 e. The molecule has 8 heteroatoms. The lowest BCUT2D eigenvalue weighted by Crippen LogP contribution is -2.37. The molecule has 0 saturated carbocycles. The molecule has 0 amide bonds. The number of hydrogen-bond acceptors (Lipinski definition) is 5. The molecule has 1 N–H and O–H groups in total. The summed E-state index contributed by atoms with van der Waals surface area (Å²) >= 11 is 0. The van der Waals surface area contributed by atoms with Crippen molar-refractivity contribution in [1.82, 2.24) is 23.6 Å². The number of aliphatic hydroxyl groups is 1. The van der Waals surface area contributed by atoms with E-state index in [4.69, 9.17) is 0 Å². The van der Waals surface area contributed by atoms with Crippen LogP contribution in [0.15, 0.2) is 39.9 Å². The molecule has 0 aliphatic rings. The van der Waals surface area contributed by atoms with Crippen molar-refractivity contribution in [3.05, 3.63) is 62.6 Å². The summed E-state index contributed by atoms with van der Waals surface area (Å²) in [6, 6.07) is 10.1. The van der Waals surface area contributed by atoms with Crippen LogP contribution in [0.25, 0.3) is 11.2 Å². The molecule has 8 nitrogen and oxygen atoms in total. The average Bonchev–Trinajstić information content (AvgIpc) is 2.96. The number of imidazole rings is 1. The van der Waals surface area contributed by atoms with Gasteiger partial charge in [0.2, 0.25) is 0 Å². The summed E-state index contributed by atoms with van der Waals surface area (Å²) in [5, 5.41) is 9.92. The topological polar surface area (TPSA) is 85.3 Å². The lowest BCUT2D eigenvalue weighted by Gasteiger charge is -2.18. The summed E-state index contributed by atoms with van der Waals surface area (Å²) in [6.07, 6.45) is -0.650. The SMILES string of the molecule is C[C@@H](O)Cn1c(CN(C)Cc2ccccc2)nc2c1c(=O)n(C)c(=O)n2C. The van der Waals surface area contributed by atoms with Crippen molar-refractivity contribution in [2.24, 2.45) is 14.1 Å². The van der Waals surface area contributed by atoms with Gasteiger partial charge in [-0.3, -0.25) is 18.8 Å². The molecule has 1 atom stereocenters. The van der Waals surface area contributed by atoms with E-state index in [1.165, 1.54) is 17.2 Å². The van der Waals surface area contributed by atoms with E-state index in [-0.39, 0.29) is 6.54 Å². The fourth-order valence-corrected chi connectivity index (χ4v) is 3.27. The van der Waals surface area contributed by atoms with Gasteiger partial charge in [0.15, 0.2) is 11.2 Å². The number of aromatic nitrogens is 4. The third-order valence-corrected chi connectivity index (χ3v) is 4.58. The van der Waals surface area contributed by atoms with Gasteiger partial charge in [-0.05, 0) is 19.5 Å². The van der Waals surface area contributed by atoms with Crippen molar-refractivity contribution in [3.63, 3.8) is 0 Å². The van der Waals surface area contributed by atoms with Gasteiger partial charge in [0.05, 0.1) is 19.2 Å². The molecule has 0 radical (unpaired) electrons. The van der Waals surface area contributed by atoms with Gasteiger partial charge in [0.25, 0.3) is 5.56 Å². The molecule has 0 spiro atoms. The summed E-state index contributed by atoms with van der Waals surface area (Å²) in [5.41, 5.74) is 1.02. The van der Waals surface area contributed by atoms with Gasteiger partial charge in [0.1, 0.15) is 5.82 Å². The molecular formula is C19H25N5O3. The maximum atomic E-state index is 12.7. The monoisotopic (exact) mass is 371 g/mol. The Bertz CT molecular complexity index is 1060. The third-order valence-electron chi connectivity index (χ3n) is 4.58. The Hall–Kier alpha value is -2.71. The fraction of sp³-hybridized carbons (Fsp3) is 0.421. The van der Waals surface area contributed by atoms with Crippen LogP contribution in [0, 0.1) is 0 Å². The minimum Gasteiger partial charge on any atom is -0.392 e. The molecule has 0 saturated heterocycles. The second-order valence-corrected chi connectivity index (χ2v) is 7.02. The van der Waals surface area contributed by atoms with E-state index in [2.05, 4.69) is 22.0 Å². The van der Waals surface area contributed by atoms with Crippen molar-refractivity contribution in [2.75, 3.05) is 7.05 Å². The smallest absolute Gasteiger partial charge is 0.332 e. The van der Waals surface area contributed by atoms with E-state index in [1.54, 1.807) is 18.5 Å². The third kappa shape index (κ3) is 3.72. The molecule has 0 unspecified atom stereocenters. The number of aliphatic hydroxyl groups excluding tert-OH is 1. The highest BCUT2D eigenvalue weighted by molar-refractivity contribution is 5.71. The van der Waals surface area contributed by atoms with Gasteiger partial charge in [-0.25, -0.2) is 9.78 Å². The van der Waals surface area contributed by atoms with E-state index in [9.17, 15) is 14.7 Å². The van der Waals surface area contributed by atoms with Crippen LogP contribution in [-0.2, 0) is 33.7 Å². The Morgan fingerprint density at radius 1 is 1.11 bits per heavy atom. The van der Waals surface area contributed by atoms with E-state index in [0.717, 1.165) is 11.1 Å². The number of hydrogen-bond donors (Lipinski definition) is 1. The van der Waals surface area contributed by atoms with Crippen LogP contribution in [-0.4, -0.2) is 41.8 Å². The summed E-state index contributed by atoms with van der Waals surface area (Å²) in [6.45, 7) is 3.09. The van der Waals surface area contributed by atoms with Crippen molar-refractivity contribution >= 4 is 11.2 Å². The summed E-state index contributed by atoms with van der Waals surface area (Å²) in [5.74, 6) is 0.641. The van der Waals surface area contributed by atoms with E-state index in [1.807, 2.05) is 25.2 Å². The second-order valence-electron chi connectivity index (χ2n) is 7.02. The maximum Gasteiger partial charge on any atom is 0.332 e. The van der Waals surface area contributed by atoms with Crippen molar-refractivity contribution < 1.29 is 5.11 Å². The summed E-state index contributed by atoms with van der Waals surface area (Å²) < 4.78 is 4.17. The molecule has 2 heterocycles. The van der Waals surface area contributed by atoms with Crippen LogP contribution in [0.3, 0.4) is 0 Å². The predicted octanol–water partition coefficient (Wildman–Crippen LogP) is 0.447. The van der Waals surface area contributed by atoms with Gasteiger partial charge in [0, 0.05) is 20.6 Å². The highest BCUT2D eigenvalue weighted by atomic mass is 16.3. The number of rotatable bonds is 6. The molecule has 0 aliphatic carbocycles. The summed E-state index contributed by atoms with van der Waals surface area (Å²) in [7, 11) is 5.02. The van der Waals surface area contributed by atoms with Crippen molar-refractivity contribution in [1.29, 1.82) is 0 Å². The number of benzene rings is 1. The zero-order valence-corrected chi connectivity index (χ0v) is 16.1. The maximum absolute atomic E-state index is 12.7. The van der Waals surface area contributed by atoms with Crippen LogP contribution in [0.2, 0.25) is 0 Å². The van der Waals surface area contributed by atoms with E-state index in [0.29, 0.717) is 23.5 Å². The molecule has 3 aromatic rings. The quantitative estimate of drug-likeness (QED) is 0.680. The standard InChI is InChI=1S/C19H25N5O3/c1-13(25)10-24-15(12-21(2)11-14-8-6-5-7-9-14)20-17-16(24)18(26)23(4)19(27)22(17)3/h5-9,13,25H,10-12H2,1-4H3/t13-/m1/s1. The van der Waals surface area contributed by atoms with E-state index < -0.39 is 17.4 Å². The molecule has 3 rings (SSSR count). The van der Waals surface area contributed by atoms with Gasteiger partial charge in [-0.2, -0.15) is 0 Å². The minimum absolute atomic E-state index is 0.235. The van der Waals surface area contributed by atoms with Gasteiger partial charge in [-0.15, -0.1) is 0 Å². The van der Waals surface area contributed by atoms with Crippen LogP contribution in [0.4, 0.5) is 0 Å². The molecule has 27 heavy (non-hydrogen) atoms. The molecule has 0 bridgehead atoms. The first kappa shape index (κ1) is 19.1. The predicted molar refractivity (Wildman–Crippen MR) is 104 cm³/mol. The molecule has 1 aromatic carbocycles. The summed E-state index contributed by atoms with van der Waals surface area (Å²) in [4.78, 5) is 31.6.